The Kier molecular flexibility index (Phi) is 6.68. The van der Waals surface area contributed by atoms with Gasteiger partial charge >= 0.3 is 5.97 Å². The van der Waals surface area contributed by atoms with Crippen molar-refractivity contribution in [2.75, 3.05) is 20.2 Å². The minimum absolute atomic E-state index is 0.0670. The van der Waals surface area contributed by atoms with Crippen LogP contribution in [-0.2, 0) is 9.53 Å². The van der Waals surface area contributed by atoms with Gasteiger partial charge in [0.15, 0.2) is 0 Å². The molecule has 0 amide bonds. The molecule has 1 aromatic carbocycles. The molecule has 4 heterocycles. The van der Waals surface area contributed by atoms with Crippen LogP contribution in [0.2, 0.25) is 0 Å². The number of benzene rings is 1. The molecule has 0 radical (unpaired) electrons. The molecule has 1 aromatic heterocycles. The first kappa shape index (κ1) is 22.4. The fraction of sp³-hybridized carbons (Fsp3) is 0.571. The number of pyridine rings is 1. The number of carbonyl (C=O) groups is 1. The maximum atomic E-state index is 13.1. The number of aromatic nitrogens is 1. The number of hydrogen-bond acceptors (Lipinski definition) is 5. The lowest BCUT2D eigenvalue weighted by molar-refractivity contribution is -0.157. The predicted octanol–water partition coefficient (Wildman–Crippen LogP) is 5.69. The third kappa shape index (κ3) is 4.65. The summed E-state index contributed by atoms with van der Waals surface area (Å²) in [7, 11) is 1.68. The van der Waals surface area contributed by atoms with Gasteiger partial charge in [-0.15, -0.1) is 6.58 Å². The molecule has 5 atom stereocenters. The number of carbonyl (C=O) groups excluding carboxylic acids is 1. The lowest BCUT2D eigenvalue weighted by Crippen LogP contribution is -2.55. The molecule has 4 unspecified atom stereocenters. The molecule has 0 spiro atoms. The molecule has 6 rings (SSSR count). The third-order valence-electron chi connectivity index (χ3n) is 8.28. The van der Waals surface area contributed by atoms with Gasteiger partial charge in [0.05, 0.1) is 18.7 Å². The molecule has 3 aliphatic heterocycles. The summed E-state index contributed by atoms with van der Waals surface area (Å²) < 4.78 is 11.9. The standard InChI is InChI=1S/C28H36N2O3/c1-3-20-18-30-15-13-21(20)16-26(30)28(33-27(31)11-8-19-6-4-5-7-19)23-12-14-29-25-10-9-22(32-2)17-24(23)25/h3,9-10,12,14,17,19-21,26,28H,1,4-8,11,13,15-16,18H2,2H3/t20?,21?,26-,28?/m0/s1. The van der Waals surface area contributed by atoms with Gasteiger partial charge in [-0.2, -0.15) is 0 Å². The third-order valence-corrected chi connectivity index (χ3v) is 8.28. The SMILES string of the molecule is C=CC1CN2CCC1C[C@H]2C(OC(=O)CCC1CCCC1)c1ccnc2ccc(OC)cc12. The summed E-state index contributed by atoms with van der Waals surface area (Å²) >= 11 is 0. The van der Waals surface area contributed by atoms with Gasteiger partial charge in [0.2, 0.25) is 0 Å². The minimum Gasteiger partial charge on any atom is -0.497 e. The van der Waals surface area contributed by atoms with Crippen LogP contribution in [0.3, 0.4) is 0 Å². The Balaban J connectivity index is 1.45. The molecular weight excluding hydrogens is 412 g/mol. The highest BCUT2D eigenvalue weighted by molar-refractivity contribution is 5.84. The topological polar surface area (TPSA) is 51.7 Å². The Labute approximate surface area is 197 Å². The summed E-state index contributed by atoms with van der Waals surface area (Å²) in [6, 6.07) is 8.16. The van der Waals surface area contributed by atoms with Gasteiger partial charge < -0.3 is 9.47 Å². The van der Waals surface area contributed by atoms with Crippen molar-refractivity contribution < 1.29 is 14.3 Å². The molecule has 2 aromatic rings. The van der Waals surface area contributed by atoms with Crippen LogP contribution in [0, 0.1) is 17.8 Å². The molecule has 5 nitrogen and oxygen atoms in total. The van der Waals surface area contributed by atoms with E-state index in [1.807, 2.05) is 30.5 Å². The maximum absolute atomic E-state index is 13.1. The molecule has 3 saturated heterocycles. The van der Waals surface area contributed by atoms with E-state index in [-0.39, 0.29) is 18.1 Å². The molecule has 33 heavy (non-hydrogen) atoms. The highest BCUT2D eigenvalue weighted by Crippen LogP contribution is 2.44. The van der Waals surface area contributed by atoms with Gasteiger partial charge in [-0.3, -0.25) is 14.7 Å². The number of rotatable bonds is 8. The van der Waals surface area contributed by atoms with Crippen molar-refractivity contribution in [2.24, 2.45) is 17.8 Å². The number of ether oxygens (including phenoxy) is 2. The summed E-state index contributed by atoms with van der Waals surface area (Å²) in [5.41, 5.74) is 1.95. The monoisotopic (exact) mass is 448 g/mol. The summed E-state index contributed by atoms with van der Waals surface area (Å²) in [5.74, 6) is 2.55. The van der Waals surface area contributed by atoms with Gasteiger partial charge in [-0.05, 0) is 67.8 Å². The first-order chi connectivity index (χ1) is 16.2. The first-order valence-electron chi connectivity index (χ1n) is 12.6. The Morgan fingerprint density at radius 3 is 2.85 bits per heavy atom. The van der Waals surface area contributed by atoms with Gasteiger partial charge in [0, 0.05) is 30.1 Å². The highest BCUT2D eigenvalue weighted by Gasteiger charge is 2.44. The Bertz CT molecular complexity index is 1000. The van der Waals surface area contributed by atoms with Crippen LogP contribution < -0.4 is 4.74 Å². The van der Waals surface area contributed by atoms with Crippen molar-refractivity contribution in [1.82, 2.24) is 9.88 Å². The van der Waals surface area contributed by atoms with E-state index < -0.39 is 0 Å². The predicted molar refractivity (Wildman–Crippen MR) is 130 cm³/mol. The summed E-state index contributed by atoms with van der Waals surface area (Å²) in [6.07, 6.45) is 12.5. The molecule has 4 fully saturated rings. The molecule has 1 saturated carbocycles. The van der Waals surface area contributed by atoms with Crippen LogP contribution in [0.4, 0.5) is 0 Å². The van der Waals surface area contributed by atoms with Crippen LogP contribution in [0.1, 0.15) is 63.0 Å². The quantitative estimate of drug-likeness (QED) is 0.383. The van der Waals surface area contributed by atoms with Crippen LogP contribution in [0.15, 0.2) is 43.1 Å². The second kappa shape index (κ2) is 9.84. The van der Waals surface area contributed by atoms with Crippen molar-refractivity contribution in [2.45, 2.75) is 63.5 Å². The van der Waals surface area contributed by atoms with E-state index >= 15 is 0 Å². The smallest absolute Gasteiger partial charge is 0.306 e. The van der Waals surface area contributed by atoms with E-state index in [4.69, 9.17) is 9.47 Å². The summed E-state index contributed by atoms with van der Waals surface area (Å²) in [4.78, 5) is 20.2. The van der Waals surface area contributed by atoms with Crippen molar-refractivity contribution >= 4 is 16.9 Å². The highest BCUT2D eigenvalue weighted by atomic mass is 16.5. The fourth-order valence-electron chi connectivity index (χ4n) is 6.38. The molecule has 4 aliphatic rings. The summed E-state index contributed by atoms with van der Waals surface area (Å²) in [5, 5.41) is 1.01. The zero-order valence-corrected chi connectivity index (χ0v) is 19.7. The molecule has 0 N–H and O–H groups in total. The van der Waals surface area contributed by atoms with E-state index in [0.717, 1.165) is 48.1 Å². The number of esters is 1. The second-order valence-corrected chi connectivity index (χ2v) is 10.1. The van der Waals surface area contributed by atoms with E-state index in [2.05, 4.69) is 22.5 Å². The number of nitrogens with zero attached hydrogens (tertiary/aromatic N) is 2. The van der Waals surface area contributed by atoms with Crippen molar-refractivity contribution in [1.29, 1.82) is 0 Å². The van der Waals surface area contributed by atoms with Crippen molar-refractivity contribution in [3.63, 3.8) is 0 Å². The zero-order chi connectivity index (χ0) is 22.8. The van der Waals surface area contributed by atoms with Crippen LogP contribution in [0.25, 0.3) is 10.9 Å². The molecule has 5 heteroatoms. The first-order valence-corrected chi connectivity index (χ1v) is 12.6. The second-order valence-electron chi connectivity index (χ2n) is 10.1. The van der Waals surface area contributed by atoms with E-state index in [0.29, 0.717) is 24.2 Å². The van der Waals surface area contributed by atoms with Gasteiger partial charge in [-0.1, -0.05) is 31.8 Å². The average molecular weight is 449 g/mol. The zero-order valence-electron chi connectivity index (χ0n) is 19.7. The van der Waals surface area contributed by atoms with Crippen LogP contribution >= 0.6 is 0 Å². The van der Waals surface area contributed by atoms with E-state index in [9.17, 15) is 4.79 Å². The molecule has 1 aliphatic carbocycles. The van der Waals surface area contributed by atoms with Gasteiger partial charge in [0.1, 0.15) is 11.9 Å². The Morgan fingerprint density at radius 2 is 2.12 bits per heavy atom. The molecular formula is C28H36N2O3. The summed E-state index contributed by atoms with van der Waals surface area (Å²) in [6.45, 7) is 6.13. The number of piperidine rings is 3. The van der Waals surface area contributed by atoms with E-state index in [1.165, 1.54) is 32.1 Å². The molecule has 176 valence electrons. The van der Waals surface area contributed by atoms with Crippen molar-refractivity contribution in [3.8, 4) is 5.75 Å². The number of methoxy groups -OCH3 is 1. The lowest BCUT2D eigenvalue weighted by Gasteiger charge is -2.51. The van der Waals surface area contributed by atoms with Gasteiger partial charge in [-0.25, -0.2) is 0 Å². The molecule has 2 bridgehead atoms. The Morgan fingerprint density at radius 1 is 1.27 bits per heavy atom. The maximum Gasteiger partial charge on any atom is 0.306 e. The largest absolute Gasteiger partial charge is 0.497 e. The van der Waals surface area contributed by atoms with Crippen LogP contribution in [0.5, 0.6) is 5.75 Å². The minimum atomic E-state index is -0.299. The normalized spacial score (nSPS) is 28.0. The average Bonchev–Trinajstić information content (AvgIpc) is 3.39. The number of fused-ring (bicyclic) bond motifs is 4. The number of hydrogen-bond donors (Lipinski definition) is 0. The Hall–Kier alpha value is -2.40. The fourth-order valence-corrected chi connectivity index (χ4v) is 6.38. The van der Waals surface area contributed by atoms with Crippen molar-refractivity contribution in [3.05, 3.63) is 48.7 Å². The van der Waals surface area contributed by atoms with E-state index in [1.54, 1.807) is 7.11 Å². The van der Waals surface area contributed by atoms with Crippen LogP contribution in [-0.4, -0.2) is 42.1 Å². The lowest BCUT2D eigenvalue weighted by atomic mass is 9.73. The van der Waals surface area contributed by atoms with Gasteiger partial charge in [0.25, 0.3) is 0 Å².